The van der Waals surface area contributed by atoms with Gasteiger partial charge in [0.15, 0.2) is 0 Å². The molecule has 0 aliphatic carbocycles. The summed E-state index contributed by atoms with van der Waals surface area (Å²) in [5.74, 6) is -0.0553. The summed E-state index contributed by atoms with van der Waals surface area (Å²) in [4.78, 5) is 13.9. The van der Waals surface area contributed by atoms with Crippen LogP contribution in [-0.4, -0.2) is 40.3 Å². The molecule has 2 atom stereocenters. The van der Waals surface area contributed by atoms with E-state index in [1.807, 2.05) is 0 Å². The van der Waals surface area contributed by atoms with Crippen molar-refractivity contribution in [2.24, 2.45) is 0 Å². The highest BCUT2D eigenvalue weighted by atomic mass is 16.6. The normalized spacial score (nSPS) is 24.3. The molecule has 1 aliphatic rings. The van der Waals surface area contributed by atoms with Crippen molar-refractivity contribution in [3.05, 3.63) is 28.4 Å². The lowest BCUT2D eigenvalue weighted by Crippen LogP contribution is -2.30. The average Bonchev–Trinajstić information content (AvgIpc) is 2.65. The van der Waals surface area contributed by atoms with E-state index in [0.717, 1.165) is 0 Å². The van der Waals surface area contributed by atoms with Crippen molar-refractivity contribution < 1.29 is 14.8 Å². The van der Waals surface area contributed by atoms with Crippen LogP contribution in [0.5, 0.6) is 5.88 Å². The number of ether oxygens (including phenoxy) is 1. The second-order valence-electron chi connectivity index (χ2n) is 3.47. The number of aliphatic hydroxyl groups is 1. The Hall–Kier alpha value is -1.73. The van der Waals surface area contributed by atoms with Crippen LogP contribution < -0.4 is 10.1 Å². The fourth-order valence-corrected chi connectivity index (χ4v) is 1.52. The first-order valence-electron chi connectivity index (χ1n) is 4.83. The predicted molar refractivity (Wildman–Crippen MR) is 54.2 cm³/mol. The molecular weight excluding hydrogens is 214 g/mol. The van der Waals surface area contributed by atoms with Crippen LogP contribution in [0.4, 0.5) is 5.69 Å². The van der Waals surface area contributed by atoms with E-state index in [9.17, 15) is 15.2 Å². The number of hydrogen-bond donors (Lipinski definition) is 2. The van der Waals surface area contributed by atoms with Crippen molar-refractivity contribution in [2.45, 2.75) is 12.2 Å². The molecule has 2 rings (SSSR count). The molecule has 0 unspecified atom stereocenters. The highest BCUT2D eigenvalue weighted by Gasteiger charge is 2.29. The number of nitrogens with zero attached hydrogens (tertiary/aromatic N) is 2. The van der Waals surface area contributed by atoms with Crippen LogP contribution in [0.25, 0.3) is 0 Å². The average molecular weight is 225 g/mol. The molecule has 0 aromatic carbocycles. The van der Waals surface area contributed by atoms with Crippen LogP contribution in [0, 0.1) is 10.1 Å². The minimum Gasteiger partial charge on any atom is -0.465 e. The standard InChI is InChI=1S/C9H11N3O4/c13-7-4-10-5-8(7)16-9-6(12(14)15)2-1-3-11-9/h1-3,7-8,10,13H,4-5H2/t7-,8-/m1/s1. The number of β-amino-alcohol motifs (C(OH)–C–C–N with tert-alkyl or cyclic N) is 1. The highest BCUT2D eigenvalue weighted by molar-refractivity contribution is 5.39. The van der Waals surface area contributed by atoms with E-state index in [1.165, 1.54) is 18.3 Å². The number of aliphatic hydroxyl groups excluding tert-OH is 1. The first kappa shape index (κ1) is 10.8. The molecule has 2 heterocycles. The Morgan fingerprint density at radius 3 is 3.06 bits per heavy atom. The largest absolute Gasteiger partial charge is 0.465 e. The fourth-order valence-electron chi connectivity index (χ4n) is 1.52. The van der Waals surface area contributed by atoms with Gasteiger partial charge in [0, 0.05) is 25.4 Å². The van der Waals surface area contributed by atoms with Crippen LogP contribution in [0.15, 0.2) is 18.3 Å². The molecule has 86 valence electrons. The minimum atomic E-state index is -0.665. The van der Waals surface area contributed by atoms with Gasteiger partial charge in [-0.25, -0.2) is 4.98 Å². The molecule has 1 fully saturated rings. The molecule has 7 heteroatoms. The lowest BCUT2D eigenvalue weighted by molar-refractivity contribution is -0.386. The van der Waals surface area contributed by atoms with Crippen LogP contribution in [0.3, 0.4) is 0 Å². The third-order valence-corrected chi connectivity index (χ3v) is 2.34. The second kappa shape index (κ2) is 4.42. The Bertz CT molecular complexity index is 398. The van der Waals surface area contributed by atoms with E-state index in [2.05, 4.69) is 10.3 Å². The quantitative estimate of drug-likeness (QED) is 0.541. The van der Waals surface area contributed by atoms with Crippen LogP contribution >= 0.6 is 0 Å². The molecule has 1 saturated heterocycles. The van der Waals surface area contributed by atoms with Crippen molar-refractivity contribution in [3.8, 4) is 5.88 Å². The Balaban J connectivity index is 2.17. The first-order chi connectivity index (χ1) is 7.68. The lowest BCUT2D eigenvalue weighted by Gasteiger charge is -2.14. The zero-order valence-electron chi connectivity index (χ0n) is 8.37. The maximum atomic E-state index is 10.7. The van der Waals surface area contributed by atoms with Crippen molar-refractivity contribution in [1.29, 1.82) is 0 Å². The van der Waals surface area contributed by atoms with Gasteiger partial charge in [-0.05, 0) is 6.07 Å². The summed E-state index contributed by atoms with van der Waals surface area (Å²) in [5, 5.41) is 23.1. The Labute approximate surface area is 91.2 Å². The number of nitro groups is 1. The molecule has 1 aliphatic heterocycles. The molecule has 7 nitrogen and oxygen atoms in total. The SMILES string of the molecule is O=[N+]([O-])c1cccnc1O[C@@H]1CNC[C@H]1O. The minimum absolute atomic E-state index is 0.0553. The van der Waals surface area contributed by atoms with Gasteiger partial charge in [0.2, 0.25) is 0 Å². The van der Waals surface area contributed by atoms with Crippen molar-refractivity contribution in [3.63, 3.8) is 0 Å². The summed E-state index contributed by atoms with van der Waals surface area (Å²) in [6.07, 6.45) is 0.257. The van der Waals surface area contributed by atoms with Crippen molar-refractivity contribution >= 4 is 5.69 Å². The molecule has 0 bridgehead atoms. The predicted octanol–water partition coefficient (Wildman–Crippen LogP) is -0.299. The van der Waals surface area contributed by atoms with Gasteiger partial charge in [-0.2, -0.15) is 0 Å². The van der Waals surface area contributed by atoms with E-state index in [1.54, 1.807) is 0 Å². The van der Waals surface area contributed by atoms with Crippen LogP contribution in [-0.2, 0) is 0 Å². The second-order valence-corrected chi connectivity index (χ2v) is 3.47. The van der Waals surface area contributed by atoms with Crippen LogP contribution in [0.2, 0.25) is 0 Å². The first-order valence-corrected chi connectivity index (χ1v) is 4.83. The number of hydrogen-bond acceptors (Lipinski definition) is 6. The molecule has 16 heavy (non-hydrogen) atoms. The Kier molecular flexibility index (Phi) is 2.97. The molecular formula is C9H11N3O4. The number of aromatic nitrogens is 1. The highest BCUT2D eigenvalue weighted by Crippen LogP contribution is 2.24. The molecule has 0 radical (unpaired) electrons. The Morgan fingerprint density at radius 2 is 2.44 bits per heavy atom. The van der Waals surface area contributed by atoms with E-state index < -0.39 is 17.1 Å². The van der Waals surface area contributed by atoms with Gasteiger partial charge >= 0.3 is 5.69 Å². The number of pyridine rings is 1. The summed E-state index contributed by atoms with van der Waals surface area (Å²) in [7, 11) is 0. The molecule has 0 spiro atoms. The van der Waals surface area contributed by atoms with E-state index in [-0.39, 0.29) is 11.6 Å². The Morgan fingerprint density at radius 1 is 1.62 bits per heavy atom. The number of nitrogens with one attached hydrogen (secondary N) is 1. The van der Waals surface area contributed by atoms with Gasteiger partial charge in [0.25, 0.3) is 5.88 Å². The van der Waals surface area contributed by atoms with Gasteiger partial charge < -0.3 is 15.2 Å². The van der Waals surface area contributed by atoms with E-state index in [4.69, 9.17) is 4.74 Å². The van der Waals surface area contributed by atoms with Gasteiger partial charge in [-0.1, -0.05) is 0 Å². The third kappa shape index (κ3) is 2.10. The van der Waals surface area contributed by atoms with Crippen LogP contribution in [0.1, 0.15) is 0 Å². The molecule has 0 saturated carbocycles. The van der Waals surface area contributed by atoms with E-state index >= 15 is 0 Å². The maximum absolute atomic E-state index is 10.7. The van der Waals surface area contributed by atoms with Gasteiger partial charge in [-0.3, -0.25) is 10.1 Å². The number of rotatable bonds is 3. The van der Waals surface area contributed by atoms with Gasteiger partial charge in [-0.15, -0.1) is 0 Å². The van der Waals surface area contributed by atoms with Gasteiger partial charge in [0.1, 0.15) is 12.2 Å². The smallest absolute Gasteiger partial charge is 0.330 e. The van der Waals surface area contributed by atoms with Crippen molar-refractivity contribution in [2.75, 3.05) is 13.1 Å². The zero-order chi connectivity index (χ0) is 11.5. The molecule has 1 aromatic rings. The summed E-state index contributed by atoms with van der Waals surface area (Å²) in [6, 6.07) is 2.78. The molecule has 0 amide bonds. The molecule has 1 aromatic heterocycles. The monoisotopic (exact) mass is 225 g/mol. The summed E-state index contributed by atoms with van der Waals surface area (Å²) in [5.41, 5.74) is -0.193. The zero-order valence-corrected chi connectivity index (χ0v) is 8.37. The summed E-state index contributed by atoms with van der Waals surface area (Å²) < 4.78 is 5.31. The fraction of sp³-hybridized carbons (Fsp3) is 0.444. The summed E-state index contributed by atoms with van der Waals surface area (Å²) >= 11 is 0. The topological polar surface area (TPSA) is 97.5 Å². The van der Waals surface area contributed by atoms with E-state index in [0.29, 0.717) is 13.1 Å². The maximum Gasteiger partial charge on any atom is 0.330 e. The lowest BCUT2D eigenvalue weighted by atomic mass is 10.2. The molecule has 2 N–H and O–H groups in total. The van der Waals surface area contributed by atoms with Gasteiger partial charge in [0.05, 0.1) is 4.92 Å². The van der Waals surface area contributed by atoms with Crippen molar-refractivity contribution in [1.82, 2.24) is 10.3 Å². The third-order valence-electron chi connectivity index (χ3n) is 2.34. The summed E-state index contributed by atoms with van der Waals surface area (Å²) in [6.45, 7) is 0.875.